The third kappa shape index (κ3) is 3.58. The first-order valence-corrected chi connectivity index (χ1v) is 13.3. The molecule has 0 N–H and O–H groups in total. The minimum atomic E-state index is -0.218. The van der Waals surface area contributed by atoms with Crippen LogP contribution >= 0.6 is 11.3 Å². The summed E-state index contributed by atoms with van der Waals surface area (Å²) in [5.41, 5.74) is 6.75. The van der Waals surface area contributed by atoms with Crippen molar-refractivity contribution in [2.75, 3.05) is 7.11 Å². The van der Waals surface area contributed by atoms with Crippen molar-refractivity contribution in [2.24, 2.45) is 4.99 Å². The van der Waals surface area contributed by atoms with Gasteiger partial charge in [0.1, 0.15) is 5.75 Å². The van der Waals surface area contributed by atoms with Crippen LogP contribution in [0.1, 0.15) is 34.7 Å². The summed E-state index contributed by atoms with van der Waals surface area (Å²) in [6.45, 7) is 0. The summed E-state index contributed by atoms with van der Waals surface area (Å²) in [6.07, 6.45) is 3.82. The number of hydrogen-bond acceptors (Lipinski definition) is 4. The van der Waals surface area contributed by atoms with Gasteiger partial charge >= 0.3 is 0 Å². The van der Waals surface area contributed by atoms with Crippen molar-refractivity contribution in [2.45, 2.75) is 18.9 Å². The number of methoxy groups -OCH3 is 1. The first-order valence-electron chi connectivity index (χ1n) is 12.5. The van der Waals surface area contributed by atoms with E-state index < -0.39 is 0 Å². The summed E-state index contributed by atoms with van der Waals surface area (Å²) >= 11 is 1.47. The number of thiazole rings is 1. The Bertz CT molecular complexity index is 1910. The minimum Gasteiger partial charge on any atom is -0.497 e. The van der Waals surface area contributed by atoms with Gasteiger partial charge in [-0.2, -0.15) is 0 Å². The molecule has 0 amide bonds. The molecule has 0 radical (unpaired) electrons. The molecule has 1 aliphatic heterocycles. The maximum Gasteiger partial charge on any atom is 0.271 e. The Balaban J connectivity index is 1.51. The third-order valence-electron chi connectivity index (χ3n) is 7.39. The highest BCUT2D eigenvalue weighted by Gasteiger charge is 2.32. The van der Waals surface area contributed by atoms with Gasteiger partial charge in [0.2, 0.25) is 0 Å². The molecule has 0 fully saturated rings. The lowest BCUT2D eigenvalue weighted by atomic mass is 9.83. The molecular weight excluding hydrogens is 476 g/mol. The van der Waals surface area contributed by atoms with Gasteiger partial charge in [-0.25, -0.2) is 4.99 Å². The number of allylic oxidation sites excluding steroid dienone is 1. The molecular formula is C32H24N2O2S. The SMILES string of the molecule is COc1cccc([C@@H]2C3=C(N=c4s/c(=C/c5cccc6ccccc56)c(=O)n42)c2ccccc2CC3)c1. The normalized spacial score (nSPS) is 16.7. The lowest BCUT2D eigenvalue weighted by Gasteiger charge is -2.31. The first kappa shape index (κ1) is 22.0. The number of rotatable bonds is 3. The summed E-state index contributed by atoms with van der Waals surface area (Å²) in [4.78, 5) is 19.9. The molecule has 7 rings (SSSR count). The van der Waals surface area contributed by atoms with Crippen LogP contribution in [0, 0.1) is 0 Å². The van der Waals surface area contributed by atoms with Crippen molar-refractivity contribution in [1.82, 2.24) is 4.57 Å². The Morgan fingerprint density at radius 3 is 2.68 bits per heavy atom. The summed E-state index contributed by atoms with van der Waals surface area (Å²) < 4.78 is 8.13. The zero-order chi connectivity index (χ0) is 24.9. The molecule has 0 saturated heterocycles. The number of benzene rings is 4. The van der Waals surface area contributed by atoms with Crippen molar-refractivity contribution in [3.8, 4) is 5.75 Å². The highest BCUT2D eigenvalue weighted by molar-refractivity contribution is 7.07. The zero-order valence-corrected chi connectivity index (χ0v) is 21.2. The molecule has 2 aliphatic rings. The van der Waals surface area contributed by atoms with Gasteiger partial charge in [-0.15, -0.1) is 0 Å². The van der Waals surface area contributed by atoms with Crippen molar-refractivity contribution in [1.29, 1.82) is 0 Å². The summed E-state index contributed by atoms with van der Waals surface area (Å²) in [7, 11) is 1.68. The molecule has 5 aromatic rings. The van der Waals surface area contributed by atoms with E-state index in [9.17, 15) is 4.79 Å². The van der Waals surface area contributed by atoms with E-state index in [1.165, 1.54) is 28.0 Å². The Morgan fingerprint density at radius 2 is 1.76 bits per heavy atom. The lowest BCUT2D eigenvalue weighted by Crippen LogP contribution is -2.38. The topological polar surface area (TPSA) is 43.6 Å². The number of ether oxygens (including phenoxy) is 1. The second-order valence-corrected chi connectivity index (χ2v) is 10.5. The number of aromatic nitrogens is 1. The van der Waals surface area contributed by atoms with Crippen LogP contribution < -0.4 is 19.6 Å². The van der Waals surface area contributed by atoms with Gasteiger partial charge in [-0.1, -0.05) is 90.2 Å². The standard InChI is InChI=1S/C32H24N2O2S/c1-36-24-13-7-12-23(18-24)30-27-17-16-21-9-3-5-15-26(21)29(27)33-32-34(30)31(35)28(37-32)19-22-11-6-10-20-8-2-4-14-25(20)22/h2-15,18-19,30H,16-17H2,1H3/b28-19+/t30-/m1/s1. The van der Waals surface area contributed by atoms with E-state index in [-0.39, 0.29) is 11.6 Å². The fourth-order valence-corrected chi connectivity index (χ4v) is 6.64. The van der Waals surface area contributed by atoms with E-state index in [1.807, 2.05) is 47.0 Å². The predicted molar refractivity (Wildman–Crippen MR) is 150 cm³/mol. The van der Waals surface area contributed by atoms with Crippen molar-refractivity contribution in [3.05, 3.63) is 139 Å². The molecule has 37 heavy (non-hydrogen) atoms. The van der Waals surface area contributed by atoms with Gasteiger partial charge in [0.15, 0.2) is 4.80 Å². The molecule has 0 saturated carbocycles. The predicted octanol–water partition coefficient (Wildman–Crippen LogP) is 5.48. The summed E-state index contributed by atoms with van der Waals surface area (Å²) in [5, 5.41) is 2.29. The smallest absolute Gasteiger partial charge is 0.271 e. The average molecular weight is 501 g/mol. The van der Waals surface area contributed by atoms with Gasteiger partial charge in [0.05, 0.1) is 23.4 Å². The second-order valence-electron chi connectivity index (χ2n) is 9.46. The second kappa shape index (κ2) is 8.71. The highest BCUT2D eigenvalue weighted by atomic mass is 32.1. The number of hydrogen-bond donors (Lipinski definition) is 0. The molecule has 180 valence electrons. The largest absolute Gasteiger partial charge is 0.497 e. The van der Waals surface area contributed by atoms with Crippen LogP contribution in [0.5, 0.6) is 5.75 Å². The Morgan fingerprint density at radius 1 is 0.946 bits per heavy atom. The van der Waals surface area contributed by atoms with E-state index in [1.54, 1.807) is 7.11 Å². The molecule has 0 unspecified atom stereocenters. The van der Waals surface area contributed by atoms with Gasteiger partial charge in [0, 0.05) is 5.56 Å². The Hall–Kier alpha value is -4.22. The Kier molecular flexibility index (Phi) is 5.18. The van der Waals surface area contributed by atoms with Crippen LogP contribution in [0.15, 0.2) is 106 Å². The summed E-state index contributed by atoms with van der Waals surface area (Å²) in [6, 6.07) is 30.8. The highest BCUT2D eigenvalue weighted by Crippen LogP contribution is 2.41. The van der Waals surface area contributed by atoms with Crippen LogP contribution in [0.25, 0.3) is 22.5 Å². The van der Waals surface area contributed by atoms with Gasteiger partial charge in [-0.05, 0) is 64.1 Å². The van der Waals surface area contributed by atoms with Crippen molar-refractivity contribution >= 4 is 33.9 Å². The van der Waals surface area contributed by atoms with Gasteiger partial charge < -0.3 is 4.74 Å². The molecule has 1 aliphatic carbocycles. The van der Waals surface area contributed by atoms with E-state index in [2.05, 4.69) is 54.6 Å². The van der Waals surface area contributed by atoms with Crippen LogP contribution in [-0.2, 0) is 6.42 Å². The number of nitrogens with zero attached hydrogens (tertiary/aromatic N) is 2. The number of aryl methyl sites for hydroxylation is 1. The van der Waals surface area contributed by atoms with E-state index in [4.69, 9.17) is 9.73 Å². The summed E-state index contributed by atoms with van der Waals surface area (Å²) in [5.74, 6) is 0.783. The van der Waals surface area contributed by atoms with Crippen LogP contribution in [-0.4, -0.2) is 11.7 Å². The van der Waals surface area contributed by atoms with Crippen LogP contribution in [0.3, 0.4) is 0 Å². The van der Waals surface area contributed by atoms with E-state index in [0.717, 1.165) is 51.0 Å². The Labute approximate surface area is 218 Å². The quantitative estimate of drug-likeness (QED) is 0.329. The van der Waals surface area contributed by atoms with E-state index >= 15 is 0 Å². The molecule has 2 heterocycles. The zero-order valence-electron chi connectivity index (χ0n) is 20.3. The van der Waals surface area contributed by atoms with Crippen molar-refractivity contribution in [3.63, 3.8) is 0 Å². The number of fused-ring (bicyclic) bond motifs is 4. The molecule has 4 nitrogen and oxygen atoms in total. The maximum atomic E-state index is 14.0. The molecule has 0 bridgehead atoms. The fourth-order valence-electron chi connectivity index (χ4n) is 5.65. The van der Waals surface area contributed by atoms with Crippen LogP contribution in [0.2, 0.25) is 0 Å². The molecule has 1 atom stereocenters. The third-order valence-corrected chi connectivity index (χ3v) is 8.38. The monoisotopic (exact) mass is 500 g/mol. The van der Waals surface area contributed by atoms with Gasteiger partial charge in [-0.3, -0.25) is 9.36 Å². The molecule has 1 aromatic heterocycles. The fraction of sp³-hybridized carbons (Fsp3) is 0.125. The average Bonchev–Trinajstić information content (AvgIpc) is 3.26. The minimum absolute atomic E-state index is 0.00471. The van der Waals surface area contributed by atoms with Crippen molar-refractivity contribution < 1.29 is 4.74 Å². The van der Waals surface area contributed by atoms with E-state index in [0.29, 0.717) is 4.53 Å². The molecule has 5 heteroatoms. The molecule has 4 aromatic carbocycles. The van der Waals surface area contributed by atoms with Gasteiger partial charge in [0.25, 0.3) is 5.56 Å². The lowest BCUT2D eigenvalue weighted by molar-refractivity contribution is 0.413. The first-order chi connectivity index (χ1) is 18.2. The maximum absolute atomic E-state index is 14.0. The van der Waals surface area contributed by atoms with Crippen LogP contribution in [0.4, 0.5) is 0 Å². The molecule has 0 spiro atoms.